The third-order valence-electron chi connectivity index (χ3n) is 2.49. The lowest BCUT2D eigenvalue weighted by atomic mass is 10.1. The fourth-order valence-electron chi connectivity index (χ4n) is 1.57. The number of hydrogen-bond acceptors (Lipinski definition) is 4. The van der Waals surface area contributed by atoms with Crippen LogP contribution in [-0.4, -0.2) is 10.8 Å². The molecule has 0 radical (unpaired) electrons. The molecule has 0 bridgehead atoms. The van der Waals surface area contributed by atoms with Gasteiger partial charge in [0.2, 0.25) is 0 Å². The number of hydrazone groups is 1. The fraction of sp³-hybridized carbons (Fsp3) is 0.0833. The zero-order valence-electron chi connectivity index (χ0n) is 10.4. The number of nitrogens with zero attached hydrogens (tertiary/aromatic N) is 4. The summed E-state index contributed by atoms with van der Waals surface area (Å²) in [4.78, 5) is 14.4. The Bertz CT molecular complexity index is 805. The van der Waals surface area contributed by atoms with E-state index in [0.717, 1.165) is 5.39 Å². The lowest BCUT2D eigenvalue weighted by Crippen LogP contribution is -2.18. The van der Waals surface area contributed by atoms with E-state index in [9.17, 15) is 4.79 Å². The van der Waals surface area contributed by atoms with Crippen molar-refractivity contribution < 1.29 is 4.42 Å². The van der Waals surface area contributed by atoms with Crippen LogP contribution in [0.2, 0.25) is 0 Å². The minimum absolute atomic E-state index is 0.128. The van der Waals surface area contributed by atoms with Gasteiger partial charge >= 0.3 is 5.63 Å². The van der Waals surface area contributed by atoms with Crippen LogP contribution in [-0.2, 0) is 0 Å². The summed E-state index contributed by atoms with van der Waals surface area (Å²) >= 11 is 4.69. The number of thiocarbonyl (C=S) groups is 1. The minimum atomic E-state index is -0.499. The summed E-state index contributed by atoms with van der Waals surface area (Å²) in [6.07, 6.45) is 0. The molecule has 20 heavy (non-hydrogen) atoms. The highest BCUT2D eigenvalue weighted by Crippen LogP contribution is 2.12. The highest BCUT2D eigenvalue weighted by atomic mass is 32.1. The molecule has 0 spiro atoms. The number of nitrogens with one attached hydrogen (secondary N) is 1. The maximum Gasteiger partial charge on any atom is 0.345 e. The second-order valence-electron chi connectivity index (χ2n) is 3.79. The van der Waals surface area contributed by atoms with Gasteiger partial charge in [-0.2, -0.15) is 5.10 Å². The van der Waals surface area contributed by atoms with Crippen LogP contribution >= 0.6 is 12.2 Å². The largest absolute Gasteiger partial charge is 0.422 e. The Hall–Kier alpha value is -2.70. The molecule has 0 atom stereocenters. The number of fused-ring (bicyclic) bond motifs is 1. The van der Waals surface area contributed by atoms with E-state index >= 15 is 0 Å². The molecule has 0 aliphatic heterocycles. The normalized spacial score (nSPS) is 10.9. The maximum atomic E-state index is 11.9. The van der Waals surface area contributed by atoms with Crippen molar-refractivity contribution in [3.63, 3.8) is 0 Å². The van der Waals surface area contributed by atoms with Gasteiger partial charge in [-0.05, 0) is 29.7 Å². The minimum Gasteiger partial charge on any atom is -0.422 e. The van der Waals surface area contributed by atoms with Crippen LogP contribution in [0.1, 0.15) is 12.5 Å². The Kier molecular flexibility index (Phi) is 4.09. The van der Waals surface area contributed by atoms with Crippen LogP contribution in [0.5, 0.6) is 0 Å². The Morgan fingerprint density at radius 2 is 2.20 bits per heavy atom. The third kappa shape index (κ3) is 3.00. The van der Waals surface area contributed by atoms with E-state index in [0.29, 0.717) is 16.9 Å². The monoisotopic (exact) mass is 287 g/mol. The van der Waals surface area contributed by atoms with Gasteiger partial charge in [-0.25, -0.2) is 4.79 Å². The predicted octanol–water partition coefficient (Wildman–Crippen LogP) is 2.70. The Morgan fingerprint density at radius 3 is 2.95 bits per heavy atom. The molecular formula is C12H9N5O2S. The van der Waals surface area contributed by atoms with Crippen molar-refractivity contribution in [1.29, 1.82) is 0 Å². The molecule has 1 aromatic carbocycles. The van der Waals surface area contributed by atoms with Crippen LogP contribution in [0.25, 0.3) is 21.4 Å². The standard InChI is InChI=1S/C12H9N5O2S/c1-7(14-15-12(20)16-17-13)9-6-8-4-2-3-5-10(8)19-11(9)18/h2-6H,1H3,(H,15,20)/b14-7+. The zero-order valence-corrected chi connectivity index (χ0v) is 11.2. The first-order chi connectivity index (χ1) is 9.61. The quantitative estimate of drug-likeness (QED) is 0.174. The van der Waals surface area contributed by atoms with Gasteiger partial charge in [0, 0.05) is 10.3 Å². The summed E-state index contributed by atoms with van der Waals surface area (Å²) in [5.41, 5.74) is 11.3. The molecule has 0 saturated carbocycles. The maximum absolute atomic E-state index is 11.9. The molecule has 8 heteroatoms. The van der Waals surface area contributed by atoms with Crippen molar-refractivity contribution >= 4 is 34.0 Å². The molecule has 100 valence electrons. The lowest BCUT2D eigenvalue weighted by molar-refractivity contribution is 0.559. The first-order valence-corrected chi connectivity index (χ1v) is 5.95. The zero-order chi connectivity index (χ0) is 14.5. The van der Waals surface area contributed by atoms with Crippen molar-refractivity contribution in [3.05, 3.63) is 56.8 Å². The van der Waals surface area contributed by atoms with Crippen molar-refractivity contribution in [2.45, 2.75) is 6.92 Å². The Balaban J connectivity index is 2.39. The van der Waals surface area contributed by atoms with Crippen molar-refractivity contribution in [2.75, 3.05) is 0 Å². The van der Waals surface area contributed by atoms with Gasteiger partial charge in [-0.15, -0.1) is 0 Å². The average molecular weight is 287 g/mol. The molecule has 0 amide bonds. The van der Waals surface area contributed by atoms with E-state index in [4.69, 9.17) is 22.2 Å². The van der Waals surface area contributed by atoms with E-state index < -0.39 is 5.63 Å². The molecule has 0 aliphatic carbocycles. The Labute approximate surface area is 118 Å². The fourth-order valence-corrected chi connectivity index (χ4v) is 1.65. The van der Waals surface area contributed by atoms with Crippen molar-refractivity contribution in [3.8, 4) is 0 Å². The van der Waals surface area contributed by atoms with E-state index in [2.05, 4.69) is 20.6 Å². The number of hydrogen-bond donors (Lipinski definition) is 1. The van der Waals surface area contributed by atoms with Gasteiger partial charge in [0.25, 0.3) is 0 Å². The molecule has 1 N–H and O–H groups in total. The Morgan fingerprint density at radius 1 is 1.45 bits per heavy atom. The van der Waals surface area contributed by atoms with Crippen LogP contribution in [0, 0.1) is 0 Å². The molecule has 7 nitrogen and oxygen atoms in total. The molecule has 1 heterocycles. The van der Waals surface area contributed by atoms with Gasteiger partial charge in [0.1, 0.15) is 5.58 Å². The SMILES string of the molecule is C/C(=N\NC(=S)N=[N+]=[N-])c1cc2ccccc2oc1=O. The highest BCUT2D eigenvalue weighted by Gasteiger charge is 2.08. The van der Waals surface area contributed by atoms with Gasteiger partial charge in [0.15, 0.2) is 5.11 Å². The molecule has 0 aliphatic rings. The van der Waals surface area contributed by atoms with Gasteiger partial charge in [-0.1, -0.05) is 30.4 Å². The summed E-state index contributed by atoms with van der Waals surface area (Å²) in [5, 5.41) is 7.69. The second kappa shape index (κ2) is 5.96. The highest BCUT2D eigenvalue weighted by molar-refractivity contribution is 7.80. The van der Waals surface area contributed by atoms with Crippen molar-refractivity contribution in [2.24, 2.45) is 10.2 Å². The van der Waals surface area contributed by atoms with Gasteiger partial charge in [-0.3, -0.25) is 5.43 Å². The molecular weight excluding hydrogens is 278 g/mol. The summed E-state index contributed by atoms with van der Waals surface area (Å²) < 4.78 is 5.19. The predicted molar refractivity (Wildman–Crippen MR) is 79.6 cm³/mol. The van der Waals surface area contributed by atoms with Crippen LogP contribution in [0.4, 0.5) is 0 Å². The van der Waals surface area contributed by atoms with Crippen molar-refractivity contribution in [1.82, 2.24) is 5.43 Å². The first-order valence-electron chi connectivity index (χ1n) is 5.54. The van der Waals surface area contributed by atoms with E-state index in [-0.39, 0.29) is 5.11 Å². The van der Waals surface area contributed by atoms with Crippen LogP contribution in [0.15, 0.2) is 49.8 Å². The summed E-state index contributed by atoms with van der Waals surface area (Å²) in [7, 11) is 0. The van der Waals surface area contributed by atoms with E-state index in [1.165, 1.54) is 0 Å². The third-order valence-corrected chi connectivity index (χ3v) is 2.66. The van der Waals surface area contributed by atoms with Gasteiger partial charge in [0.05, 0.1) is 11.3 Å². The number of azide groups is 1. The van der Waals surface area contributed by atoms with Crippen LogP contribution < -0.4 is 11.1 Å². The van der Waals surface area contributed by atoms with Crippen LogP contribution in [0.3, 0.4) is 0 Å². The molecule has 0 fully saturated rings. The summed E-state index contributed by atoms with van der Waals surface area (Å²) in [6.45, 7) is 1.62. The smallest absolute Gasteiger partial charge is 0.345 e. The van der Waals surface area contributed by atoms with Gasteiger partial charge < -0.3 is 4.42 Å². The molecule has 0 unspecified atom stereocenters. The summed E-state index contributed by atoms with van der Waals surface area (Å²) in [5.74, 6) is 0. The number of rotatable bonds is 2. The molecule has 2 aromatic rings. The molecule has 0 saturated heterocycles. The topological polar surface area (TPSA) is 103 Å². The number of benzene rings is 1. The second-order valence-corrected chi connectivity index (χ2v) is 4.18. The number of para-hydroxylation sites is 1. The molecule has 2 rings (SSSR count). The first kappa shape index (κ1) is 13.7. The molecule has 1 aromatic heterocycles. The van der Waals surface area contributed by atoms with E-state index in [1.54, 1.807) is 25.1 Å². The lowest BCUT2D eigenvalue weighted by Gasteiger charge is -2.02. The summed E-state index contributed by atoms with van der Waals surface area (Å²) in [6, 6.07) is 8.84. The average Bonchev–Trinajstić information content (AvgIpc) is 2.44. The van der Waals surface area contributed by atoms with E-state index in [1.807, 2.05) is 12.1 Å².